The van der Waals surface area contributed by atoms with Crippen LogP contribution in [0.1, 0.15) is 0 Å². The minimum Gasteiger partial charge on any atom is -0.344 e. The summed E-state index contributed by atoms with van der Waals surface area (Å²) >= 11 is 0. The van der Waals surface area contributed by atoms with Crippen LogP contribution in [0.5, 0.6) is 0 Å². The van der Waals surface area contributed by atoms with Crippen molar-refractivity contribution in [3.63, 3.8) is 0 Å². The molecule has 2 aliphatic heterocycles. The summed E-state index contributed by atoms with van der Waals surface area (Å²) in [5, 5.41) is 4.16. The molecule has 5 N–H and O–H groups in total. The molecule has 6 nitrogen and oxygen atoms in total. The van der Waals surface area contributed by atoms with Crippen molar-refractivity contribution in [3.05, 3.63) is 11.9 Å². The molecule has 58 valence electrons. The van der Waals surface area contributed by atoms with Gasteiger partial charge in [-0.05, 0) is 0 Å². The molecule has 2 heterocycles. The fourth-order valence-corrected chi connectivity index (χ4v) is 0.948. The van der Waals surface area contributed by atoms with Crippen molar-refractivity contribution in [1.82, 2.24) is 10.3 Å². The fraction of sp³-hybridized carbons (Fsp3) is 0.200. The maximum absolute atomic E-state index is 5.72. The Morgan fingerprint density at radius 2 is 2.36 bits per heavy atom. The van der Waals surface area contributed by atoms with Crippen LogP contribution >= 0.6 is 0 Å². The van der Waals surface area contributed by atoms with Crippen molar-refractivity contribution in [3.8, 4) is 0 Å². The second-order valence-electron chi connectivity index (χ2n) is 2.36. The molecule has 11 heavy (non-hydrogen) atoms. The minimum absolute atomic E-state index is 0.683. The number of aliphatic imine (C=N–C) groups is 2. The van der Waals surface area contributed by atoms with Crippen LogP contribution in [0, 0.1) is 0 Å². The Kier molecular flexibility index (Phi) is 1.04. The van der Waals surface area contributed by atoms with E-state index in [1.54, 1.807) is 6.20 Å². The van der Waals surface area contributed by atoms with E-state index in [0.717, 1.165) is 0 Å². The van der Waals surface area contributed by atoms with Gasteiger partial charge in [-0.1, -0.05) is 0 Å². The average molecular weight is 152 g/mol. The average Bonchev–Trinajstić information content (AvgIpc) is 2.31. The van der Waals surface area contributed by atoms with Crippen LogP contribution in [-0.4, -0.2) is 23.5 Å². The highest BCUT2D eigenvalue weighted by atomic mass is 15.4. The molecule has 0 aromatic carbocycles. The Labute approximate surface area is 63.2 Å². The van der Waals surface area contributed by atoms with Gasteiger partial charge in [0.25, 0.3) is 0 Å². The smallest absolute Gasteiger partial charge is 0.248 e. The SMILES string of the molecule is NN1C=NC2(N)N=CNC2=C1. The highest BCUT2D eigenvalue weighted by Crippen LogP contribution is 2.20. The molecule has 0 bridgehead atoms. The van der Waals surface area contributed by atoms with Crippen molar-refractivity contribution in [2.75, 3.05) is 0 Å². The largest absolute Gasteiger partial charge is 0.344 e. The lowest BCUT2D eigenvalue weighted by Crippen LogP contribution is -2.44. The van der Waals surface area contributed by atoms with E-state index in [4.69, 9.17) is 11.6 Å². The van der Waals surface area contributed by atoms with Crippen LogP contribution in [-0.2, 0) is 0 Å². The predicted molar refractivity (Wildman–Crippen MR) is 41.1 cm³/mol. The normalized spacial score (nSPS) is 33.3. The van der Waals surface area contributed by atoms with E-state index in [0.29, 0.717) is 5.70 Å². The molecule has 1 unspecified atom stereocenters. The van der Waals surface area contributed by atoms with Crippen LogP contribution in [0.25, 0.3) is 0 Å². The molecule has 0 saturated carbocycles. The molecular formula is C5H8N6. The van der Waals surface area contributed by atoms with E-state index >= 15 is 0 Å². The summed E-state index contributed by atoms with van der Waals surface area (Å²) in [7, 11) is 0. The Morgan fingerprint density at radius 1 is 1.55 bits per heavy atom. The standard InChI is InChI=1S/C5H8N6/c6-5-4(8-2-9-5)1-11(7)3-10-5/h1-3H,6-7H2,(H,8,9). The van der Waals surface area contributed by atoms with Gasteiger partial charge in [-0.25, -0.2) is 15.8 Å². The van der Waals surface area contributed by atoms with Gasteiger partial charge in [0.05, 0.1) is 6.34 Å². The molecule has 2 aliphatic rings. The van der Waals surface area contributed by atoms with Gasteiger partial charge in [-0.15, -0.1) is 0 Å². The predicted octanol–water partition coefficient (Wildman–Crippen LogP) is -1.71. The lowest BCUT2D eigenvalue weighted by molar-refractivity contribution is 0.488. The first kappa shape index (κ1) is 6.32. The van der Waals surface area contributed by atoms with Crippen molar-refractivity contribution in [1.29, 1.82) is 0 Å². The summed E-state index contributed by atoms with van der Waals surface area (Å²) in [6.45, 7) is 0. The van der Waals surface area contributed by atoms with Crippen LogP contribution in [0.4, 0.5) is 0 Å². The molecule has 0 aliphatic carbocycles. The lowest BCUT2D eigenvalue weighted by atomic mass is 10.3. The molecule has 0 fully saturated rings. The summed E-state index contributed by atoms with van der Waals surface area (Å²) in [5.41, 5.74) is 6.40. The molecule has 0 aromatic heterocycles. The molecule has 1 atom stereocenters. The Hall–Kier alpha value is -1.40. The Bertz CT molecular complexity index is 266. The lowest BCUT2D eigenvalue weighted by Gasteiger charge is -2.23. The van der Waals surface area contributed by atoms with Crippen molar-refractivity contribution < 1.29 is 0 Å². The van der Waals surface area contributed by atoms with Gasteiger partial charge in [-0.2, -0.15) is 0 Å². The second-order valence-corrected chi connectivity index (χ2v) is 2.36. The van der Waals surface area contributed by atoms with Crippen molar-refractivity contribution in [2.24, 2.45) is 21.6 Å². The number of rotatable bonds is 0. The second kappa shape index (κ2) is 1.80. The molecule has 0 saturated heterocycles. The quantitative estimate of drug-likeness (QED) is 0.360. The maximum Gasteiger partial charge on any atom is 0.248 e. The molecule has 2 rings (SSSR count). The van der Waals surface area contributed by atoms with Gasteiger partial charge in [0.1, 0.15) is 12.0 Å². The Balaban J connectivity index is 2.39. The summed E-state index contributed by atoms with van der Waals surface area (Å²) in [5.74, 6) is 4.44. The first-order valence-corrected chi connectivity index (χ1v) is 3.10. The topological polar surface area (TPSA) is 92.0 Å². The van der Waals surface area contributed by atoms with Crippen molar-refractivity contribution in [2.45, 2.75) is 5.79 Å². The number of fused-ring (bicyclic) bond motifs is 1. The summed E-state index contributed by atoms with van der Waals surface area (Å²) < 4.78 is 0. The number of hydrogen-bond acceptors (Lipinski definition) is 6. The van der Waals surface area contributed by atoms with E-state index in [9.17, 15) is 0 Å². The fourth-order valence-electron chi connectivity index (χ4n) is 0.948. The third kappa shape index (κ3) is 0.803. The highest BCUT2D eigenvalue weighted by Gasteiger charge is 2.33. The van der Waals surface area contributed by atoms with Crippen LogP contribution in [0.15, 0.2) is 21.9 Å². The third-order valence-corrected chi connectivity index (χ3v) is 1.54. The van der Waals surface area contributed by atoms with E-state index in [1.165, 1.54) is 17.7 Å². The number of nitrogens with one attached hydrogen (secondary N) is 1. The first-order valence-electron chi connectivity index (χ1n) is 3.10. The van der Waals surface area contributed by atoms with Crippen LogP contribution < -0.4 is 16.9 Å². The first-order chi connectivity index (χ1) is 5.21. The third-order valence-electron chi connectivity index (χ3n) is 1.54. The molecule has 0 radical (unpaired) electrons. The summed E-state index contributed by atoms with van der Waals surface area (Å²) in [6, 6.07) is 0. The number of nitrogens with zero attached hydrogens (tertiary/aromatic N) is 3. The van der Waals surface area contributed by atoms with Gasteiger partial charge >= 0.3 is 0 Å². The van der Waals surface area contributed by atoms with E-state index in [1.807, 2.05) is 0 Å². The molecule has 0 amide bonds. The van der Waals surface area contributed by atoms with Crippen LogP contribution in [0.2, 0.25) is 0 Å². The highest BCUT2D eigenvalue weighted by molar-refractivity contribution is 5.68. The minimum atomic E-state index is -0.962. The van der Waals surface area contributed by atoms with Crippen molar-refractivity contribution >= 4 is 12.7 Å². The van der Waals surface area contributed by atoms with Gasteiger partial charge in [0.2, 0.25) is 5.79 Å². The maximum atomic E-state index is 5.72. The molecule has 0 aromatic rings. The van der Waals surface area contributed by atoms with E-state index in [2.05, 4.69) is 15.3 Å². The molecular weight excluding hydrogens is 144 g/mol. The summed E-state index contributed by atoms with van der Waals surface area (Å²) in [6.07, 6.45) is 4.57. The van der Waals surface area contributed by atoms with E-state index in [-0.39, 0.29) is 0 Å². The summed E-state index contributed by atoms with van der Waals surface area (Å²) in [4.78, 5) is 7.85. The molecule has 6 heteroatoms. The number of hydrazine groups is 1. The molecule has 0 spiro atoms. The number of hydrogen-bond donors (Lipinski definition) is 3. The Morgan fingerprint density at radius 3 is 3.18 bits per heavy atom. The van der Waals surface area contributed by atoms with E-state index < -0.39 is 5.79 Å². The van der Waals surface area contributed by atoms with Gasteiger partial charge in [-0.3, -0.25) is 10.7 Å². The zero-order valence-electron chi connectivity index (χ0n) is 5.73. The van der Waals surface area contributed by atoms with Crippen LogP contribution in [0.3, 0.4) is 0 Å². The van der Waals surface area contributed by atoms with Gasteiger partial charge < -0.3 is 5.32 Å². The zero-order chi connectivity index (χ0) is 7.90. The van der Waals surface area contributed by atoms with Gasteiger partial charge in [0.15, 0.2) is 0 Å². The zero-order valence-corrected chi connectivity index (χ0v) is 5.73. The van der Waals surface area contributed by atoms with Gasteiger partial charge in [0, 0.05) is 6.20 Å². The number of nitrogens with two attached hydrogens (primary N) is 2. The monoisotopic (exact) mass is 152 g/mol.